The number of hydrogen-bond donors (Lipinski definition) is 3. The SMILES string of the molecule is NC(=O)NC(CC(=O)Nc1ccccc1N1CCCC1=O)c1cccc(Br)c1. The molecule has 8 heteroatoms. The van der Waals surface area contributed by atoms with E-state index in [2.05, 4.69) is 26.6 Å². The van der Waals surface area contributed by atoms with Crippen molar-refractivity contribution < 1.29 is 14.4 Å². The van der Waals surface area contributed by atoms with Gasteiger partial charge in [-0.1, -0.05) is 40.2 Å². The lowest BCUT2D eigenvalue weighted by Gasteiger charge is -2.21. The van der Waals surface area contributed by atoms with Gasteiger partial charge in [-0.2, -0.15) is 0 Å². The summed E-state index contributed by atoms with van der Waals surface area (Å²) in [5, 5.41) is 5.47. The molecule has 1 fully saturated rings. The van der Waals surface area contributed by atoms with E-state index < -0.39 is 12.1 Å². The molecule has 1 heterocycles. The summed E-state index contributed by atoms with van der Waals surface area (Å²) < 4.78 is 0.833. The average molecular weight is 445 g/mol. The minimum absolute atomic E-state index is 0.00166. The van der Waals surface area contributed by atoms with E-state index in [1.807, 2.05) is 36.4 Å². The van der Waals surface area contributed by atoms with Gasteiger partial charge in [-0.05, 0) is 36.2 Å². The summed E-state index contributed by atoms with van der Waals surface area (Å²) in [7, 11) is 0. The highest BCUT2D eigenvalue weighted by molar-refractivity contribution is 9.10. The van der Waals surface area contributed by atoms with Crippen molar-refractivity contribution in [1.82, 2.24) is 5.32 Å². The molecule has 0 spiro atoms. The van der Waals surface area contributed by atoms with Crippen molar-refractivity contribution in [2.24, 2.45) is 5.73 Å². The zero-order chi connectivity index (χ0) is 20.1. The van der Waals surface area contributed by atoms with Crippen LogP contribution in [0.2, 0.25) is 0 Å². The number of hydrogen-bond acceptors (Lipinski definition) is 3. The molecule has 0 radical (unpaired) electrons. The third-order valence-electron chi connectivity index (χ3n) is 4.50. The Morgan fingerprint density at radius 2 is 1.96 bits per heavy atom. The van der Waals surface area contributed by atoms with Gasteiger partial charge in [-0.3, -0.25) is 9.59 Å². The minimum Gasteiger partial charge on any atom is -0.352 e. The number of nitrogens with two attached hydrogens (primary N) is 1. The van der Waals surface area contributed by atoms with Gasteiger partial charge in [0.1, 0.15) is 0 Å². The smallest absolute Gasteiger partial charge is 0.312 e. The van der Waals surface area contributed by atoms with Crippen LogP contribution < -0.4 is 21.3 Å². The molecule has 1 atom stereocenters. The van der Waals surface area contributed by atoms with Crippen LogP contribution in [0.5, 0.6) is 0 Å². The molecule has 0 bridgehead atoms. The Balaban J connectivity index is 1.77. The van der Waals surface area contributed by atoms with Crippen molar-refractivity contribution in [3.05, 3.63) is 58.6 Å². The molecule has 0 aliphatic carbocycles. The first-order valence-corrected chi connectivity index (χ1v) is 9.74. The van der Waals surface area contributed by atoms with Crippen LogP contribution in [0.15, 0.2) is 53.0 Å². The van der Waals surface area contributed by atoms with E-state index in [-0.39, 0.29) is 18.2 Å². The Morgan fingerprint density at radius 3 is 2.64 bits per heavy atom. The molecule has 2 aromatic carbocycles. The third-order valence-corrected chi connectivity index (χ3v) is 4.99. The number of rotatable bonds is 6. The fourth-order valence-electron chi connectivity index (χ4n) is 3.25. The topological polar surface area (TPSA) is 105 Å². The molecule has 2 aromatic rings. The predicted octanol–water partition coefficient (Wildman–Crippen LogP) is 3.31. The Morgan fingerprint density at radius 1 is 1.18 bits per heavy atom. The highest BCUT2D eigenvalue weighted by Crippen LogP contribution is 2.30. The van der Waals surface area contributed by atoms with Gasteiger partial charge in [0, 0.05) is 17.4 Å². The second-order valence-electron chi connectivity index (χ2n) is 6.53. The molecule has 146 valence electrons. The molecule has 1 unspecified atom stereocenters. The minimum atomic E-state index is -0.708. The molecule has 1 saturated heterocycles. The van der Waals surface area contributed by atoms with Crippen LogP contribution in [0, 0.1) is 0 Å². The number of nitrogens with one attached hydrogen (secondary N) is 2. The lowest BCUT2D eigenvalue weighted by atomic mass is 10.0. The number of primary amides is 1. The Bertz CT molecular complexity index is 903. The quantitative estimate of drug-likeness (QED) is 0.636. The number of benzene rings is 2. The molecule has 0 aromatic heterocycles. The van der Waals surface area contributed by atoms with E-state index in [1.165, 1.54) is 0 Å². The number of halogens is 1. The maximum atomic E-state index is 12.7. The summed E-state index contributed by atoms with van der Waals surface area (Å²) >= 11 is 3.39. The number of nitrogens with zero attached hydrogens (tertiary/aromatic N) is 1. The van der Waals surface area contributed by atoms with E-state index in [9.17, 15) is 14.4 Å². The second kappa shape index (κ2) is 8.88. The van der Waals surface area contributed by atoms with Gasteiger partial charge in [0.15, 0.2) is 0 Å². The van der Waals surface area contributed by atoms with E-state index >= 15 is 0 Å². The molecule has 3 rings (SSSR count). The van der Waals surface area contributed by atoms with Crippen LogP contribution in [0.25, 0.3) is 0 Å². The van der Waals surface area contributed by atoms with Crippen LogP contribution in [-0.4, -0.2) is 24.4 Å². The fourth-order valence-corrected chi connectivity index (χ4v) is 3.67. The Hall–Kier alpha value is -2.87. The molecule has 1 aliphatic rings. The average Bonchev–Trinajstić information content (AvgIpc) is 3.07. The van der Waals surface area contributed by atoms with Crippen LogP contribution in [0.3, 0.4) is 0 Å². The lowest BCUT2D eigenvalue weighted by molar-refractivity contribution is -0.117. The van der Waals surface area contributed by atoms with Crippen molar-refractivity contribution >= 4 is 45.2 Å². The van der Waals surface area contributed by atoms with Crippen molar-refractivity contribution in [1.29, 1.82) is 0 Å². The van der Waals surface area contributed by atoms with Gasteiger partial charge in [-0.15, -0.1) is 0 Å². The first-order chi connectivity index (χ1) is 13.4. The highest BCUT2D eigenvalue weighted by Gasteiger charge is 2.25. The molecule has 4 amide bonds. The number of urea groups is 1. The number of carbonyl (C=O) groups is 3. The zero-order valence-corrected chi connectivity index (χ0v) is 16.7. The highest BCUT2D eigenvalue weighted by atomic mass is 79.9. The predicted molar refractivity (Wildman–Crippen MR) is 111 cm³/mol. The van der Waals surface area contributed by atoms with Gasteiger partial charge in [0.2, 0.25) is 11.8 Å². The maximum Gasteiger partial charge on any atom is 0.312 e. The summed E-state index contributed by atoms with van der Waals surface area (Å²) in [6, 6.07) is 13.2. The first-order valence-electron chi connectivity index (χ1n) is 8.94. The van der Waals surface area contributed by atoms with Gasteiger partial charge in [-0.25, -0.2) is 4.79 Å². The summed E-state index contributed by atoms with van der Waals surface area (Å²) in [6.45, 7) is 0.635. The van der Waals surface area contributed by atoms with Crippen molar-refractivity contribution in [2.45, 2.75) is 25.3 Å². The monoisotopic (exact) mass is 444 g/mol. The van der Waals surface area contributed by atoms with E-state index in [4.69, 9.17) is 5.73 Å². The van der Waals surface area contributed by atoms with Gasteiger partial charge < -0.3 is 21.3 Å². The molecule has 0 saturated carbocycles. The van der Waals surface area contributed by atoms with Crippen LogP contribution in [0.1, 0.15) is 30.9 Å². The standard InChI is InChI=1S/C20H21BrN4O3/c21-14-6-3-5-13(11-14)16(24-20(22)28)12-18(26)23-15-7-1-2-8-17(15)25-10-4-9-19(25)27/h1-3,5-8,11,16H,4,9-10,12H2,(H,23,26)(H3,22,24,28). The molecule has 1 aliphatic heterocycles. The van der Waals surface area contributed by atoms with E-state index in [1.54, 1.807) is 17.0 Å². The van der Waals surface area contributed by atoms with Gasteiger partial charge in [0.05, 0.1) is 23.8 Å². The summed E-state index contributed by atoms with van der Waals surface area (Å²) in [5.74, 6) is -0.248. The largest absolute Gasteiger partial charge is 0.352 e. The van der Waals surface area contributed by atoms with Crippen LogP contribution >= 0.6 is 15.9 Å². The molecule has 28 heavy (non-hydrogen) atoms. The fraction of sp³-hybridized carbons (Fsp3) is 0.250. The molecule has 4 N–H and O–H groups in total. The lowest BCUT2D eigenvalue weighted by Crippen LogP contribution is -2.35. The molecule has 7 nitrogen and oxygen atoms in total. The third kappa shape index (κ3) is 4.89. The summed E-state index contributed by atoms with van der Waals surface area (Å²) in [5.41, 5.74) is 7.28. The molecular weight excluding hydrogens is 424 g/mol. The van der Waals surface area contributed by atoms with Gasteiger partial charge in [0.25, 0.3) is 0 Å². The number of para-hydroxylation sites is 2. The van der Waals surface area contributed by atoms with Gasteiger partial charge >= 0.3 is 6.03 Å². The van der Waals surface area contributed by atoms with Crippen LogP contribution in [0.4, 0.5) is 16.2 Å². The second-order valence-corrected chi connectivity index (χ2v) is 7.45. The number of carbonyl (C=O) groups excluding carboxylic acids is 3. The maximum absolute atomic E-state index is 12.7. The zero-order valence-electron chi connectivity index (χ0n) is 15.2. The Labute approximate surface area is 171 Å². The summed E-state index contributed by atoms with van der Waals surface area (Å²) in [4.78, 5) is 37.8. The van der Waals surface area contributed by atoms with E-state index in [0.29, 0.717) is 24.3 Å². The van der Waals surface area contributed by atoms with Crippen LogP contribution in [-0.2, 0) is 9.59 Å². The summed E-state index contributed by atoms with van der Waals surface area (Å²) in [6.07, 6.45) is 1.31. The number of anilines is 2. The first kappa shape index (κ1) is 19.9. The Kier molecular flexibility index (Phi) is 6.30. The van der Waals surface area contributed by atoms with Crippen molar-refractivity contribution in [3.63, 3.8) is 0 Å². The number of amides is 4. The van der Waals surface area contributed by atoms with E-state index in [0.717, 1.165) is 16.5 Å². The molecular formula is C20H21BrN4O3. The van der Waals surface area contributed by atoms with Crippen molar-refractivity contribution in [3.8, 4) is 0 Å². The normalized spacial score (nSPS) is 14.6. The van der Waals surface area contributed by atoms with Crippen molar-refractivity contribution in [2.75, 3.05) is 16.8 Å².